The van der Waals surface area contributed by atoms with Crippen molar-refractivity contribution in [2.75, 3.05) is 26.4 Å². The van der Waals surface area contributed by atoms with E-state index in [0.29, 0.717) is 26.2 Å². The molecule has 0 spiro atoms. The number of rotatable bonds is 15. The van der Waals surface area contributed by atoms with Crippen LogP contribution in [-0.2, 0) is 19.0 Å². The molecule has 0 rings (SSSR count). The lowest BCUT2D eigenvalue weighted by Gasteiger charge is -2.19. The summed E-state index contributed by atoms with van der Waals surface area (Å²) >= 11 is 0. The number of ether oxygens (including phenoxy) is 3. The van der Waals surface area contributed by atoms with Crippen LogP contribution in [0.5, 0.6) is 0 Å². The molecule has 0 aliphatic carbocycles. The van der Waals surface area contributed by atoms with E-state index >= 15 is 0 Å². The molecule has 0 bridgehead atoms. The van der Waals surface area contributed by atoms with Crippen LogP contribution in [0.1, 0.15) is 85.5 Å². The summed E-state index contributed by atoms with van der Waals surface area (Å²) < 4.78 is 16.1. The third-order valence-electron chi connectivity index (χ3n) is 3.38. The lowest BCUT2D eigenvalue weighted by Crippen LogP contribution is -2.24. The molecule has 0 atom stereocenters. The van der Waals surface area contributed by atoms with Gasteiger partial charge in [0.2, 0.25) is 0 Å². The van der Waals surface area contributed by atoms with E-state index in [0.717, 1.165) is 13.0 Å². The number of carbonyl (C=O) groups excluding carboxylic acids is 1. The van der Waals surface area contributed by atoms with Crippen molar-refractivity contribution in [2.24, 2.45) is 0 Å². The maximum atomic E-state index is 11.4. The molecule has 0 N–H and O–H groups in total. The minimum absolute atomic E-state index is 0.211. The number of esters is 1. The van der Waals surface area contributed by atoms with Crippen molar-refractivity contribution in [3.8, 4) is 0 Å². The van der Waals surface area contributed by atoms with E-state index in [1.807, 2.05) is 20.8 Å². The highest BCUT2D eigenvalue weighted by Gasteiger charge is 2.15. The molecule has 0 fully saturated rings. The summed E-state index contributed by atoms with van der Waals surface area (Å²) in [6.45, 7) is 10.2. The van der Waals surface area contributed by atoms with E-state index in [1.54, 1.807) is 0 Å². The van der Waals surface area contributed by atoms with Crippen LogP contribution in [0.15, 0.2) is 0 Å². The Hall–Kier alpha value is -0.610. The zero-order chi connectivity index (χ0) is 17.4. The summed E-state index contributed by atoms with van der Waals surface area (Å²) in [5, 5.41) is 0. The molecule has 0 unspecified atom stereocenters. The molecule has 0 aromatic rings. The maximum Gasteiger partial charge on any atom is 0.308 e. The molecule has 4 heteroatoms. The van der Waals surface area contributed by atoms with Gasteiger partial charge in [0.15, 0.2) is 0 Å². The van der Waals surface area contributed by atoms with Gasteiger partial charge in [0.05, 0.1) is 26.2 Å². The zero-order valence-corrected chi connectivity index (χ0v) is 15.8. The first-order chi connectivity index (χ1) is 11.0. The highest BCUT2D eigenvalue weighted by atomic mass is 16.6. The Kier molecular flexibility index (Phi) is 14.6. The average Bonchev–Trinajstić information content (AvgIpc) is 2.46. The summed E-state index contributed by atoms with van der Waals surface area (Å²) in [5.41, 5.74) is -0.420. The predicted octanol–water partition coefficient (Wildman–Crippen LogP) is 4.89. The van der Waals surface area contributed by atoms with Gasteiger partial charge in [-0.2, -0.15) is 0 Å². The fourth-order valence-corrected chi connectivity index (χ4v) is 2.21. The third kappa shape index (κ3) is 19.3. The van der Waals surface area contributed by atoms with Crippen molar-refractivity contribution < 1.29 is 19.0 Å². The molecule has 0 saturated carbocycles. The zero-order valence-electron chi connectivity index (χ0n) is 15.8. The third-order valence-corrected chi connectivity index (χ3v) is 3.38. The van der Waals surface area contributed by atoms with E-state index in [9.17, 15) is 4.79 Å². The van der Waals surface area contributed by atoms with Crippen molar-refractivity contribution in [1.29, 1.82) is 0 Å². The van der Waals surface area contributed by atoms with Crippen LogP contribution in [0.2, 0.25) is 0 Å². The number of carbonyl (C=O) groups is 1. The van der Waals surface area contributed by atoms with E-state index in [-0.39, 0.29) is 5.97 Å². The molecule has 0 amide bonds. The molecule has 138 valence electrons. The smallest absolute Gasteiger partial charge is 0.308 e. The van der Waals surface area contributed by atoms with Crippen molar-refractivity contribution in [3.05, 3.63) is 0 Å². The van der Waals surface area contributed by atoms with Gasteiger partial charge >= 0.3 is 5.97 Å². The number of hydrogen-bond acceptors (Lipinski definition) is 4. The highest BCUT2D eigenvalue weighted by molar-refractivity contribution is 5.69. The summed E-state index contributed by atoms with van der Waals surface area (Å²) in [6, 6.07) is 0. The molecule has 0 aromatic carbocycles. The van der Waals surface area contributed by atoms with E-state index in [1.165, 1.54) is 44.9 Å². The van der Waals surface area contributed by atoms with Crippen molar-refractivity contribution in [3.63, 3.8) is 0 Å². The lowest BCUT2D eigenvalue weighted by atomic mass is 10.1. The topological polar surface area (TPSA) is 44.8 Å². The first-order valence-corrected chi connectivity index (χ1v) is 9.33. The number of hydrogen-bond donors (Lipinski definition) is 0. The minimum Gasteiger partial charge on any atom is -0.460 e. The fraction of sp³-hybridized carbons (Fsp3) is 0.947. The maximum absolute atomic E-state index is 11.4. The van der Waals surface area contributed by atoms with Crippen LogP contribution in [0.4, 0.5) is 0 Å². The first-order valence-electron chi connectivity index (χ1n) is 9.33. The molecule has 23 heavy (non-hydrogen) atoms. The summed E-state index contributed by atoms with van der Waals surface area (Å²) in [4.78, 5) is 11.4. The van der Waals surface area contributed by atoms with Crippen LogP contribution in [0, 0.1) is 0 Å². The molecular weight excluding hydrogens is 292 g/mol. The Labute approximate surface area is 143 Å². The summed E-state index contributed by atoms with van der Waals surface area (Å²) in [7, 11) is 0. The molecule has 0 aliphatic rings. The van der Waals surface area contributed by atoms with Crippen LogP contribution < -0.4 is 0 Å². The Bertz CT molecular complexity index is 271. The molecule has 0 radical (unpaired) electrons. The van der Waals surface area contributed by atoms with Crippen LogP contribution >= 0.6 is 0 Å². The van der Waals surface area contributed by atoms with Gasteiger partial charge in [-0.3, -0.25) is 4.79 Å². The second-order valence-corrected chi connectivity index (χ2v) is 7.04. The van der Waals surface area contributed by atoms with Gasteiger partial charge in [-0.05, 0) is 27.2 Å². The van der Waals surface area contributed by atoms with Crippen LogP contribution in [-0.4, -0.2) is 38.0 Å². The van der Waals surface area contributed by atoms with Gasteiger partial charge in [0.1, 0.15) is 5.60 Å². The largest absolute Gasteiger partial charge is 0.460 e. The Balaban J connectivity index is 3.15. The van der Waals surface area contributed by atoms with Gasteiger partial charge in [0, 0.05) is 6.61 Å². The normalized spacial score (nSPS) is 11.7. The van der Waals surface area contributed by atoms with Crippen molar-refractivity contribution >= 4 is 5.97 Å². The Morgan fingerprint density at radius 3 is 1.83 bits per heavy atom. The lowest BCUT2D eigenvalue weighted by molar-refractivity contribution is -0.156. The summed E-state index contributed by atoms with van der Waals surface area (Å²) in [6.07, 6.45) is 10.8. The predicted molar refractivity (Wildman–Crippen MR) is 94.7 cm³/mol. The van der Waals surface area contributed by atoms with Crippen LogP contribution in [0.25, 0.3) is 0 Å². The standard InChI is InChI=1S/C19H38O4/c1-5-6-7-8-9-10-11-12-14-21-16-17-22-15-13-18(20)23-19(2,3)4/h5-17H2,1-4H3. The van der Waals surface area contributed by atoms with Crippen LogP contribution in [0.3, 0.4) is 0 Å². The molecule has 0 saturated heterocycles. The highest BCUT2D eigenvalue weighted by Crippen LogP contribution is 2.09. The van der Waals surface area contributed by atoms with E-state index in [2.05, 4.69) is 6.92 Å². The summed E-state index contributed by atoms with van der Waals surface area (Å²) in [5.74, 6) is -0.211. The van der Waals surface area contributed by atoms with Crippen molar-refractivity contribution in [2.45, 2.75) is 91.1 Å². The van der Waals surface area contributed by atoms with Gasteiger partial charge in [0.25, 0.3) is 0 Å². The van der Waals surface area contributed by atoms with E-state index in [4.69, 9.17) is 14.2 Å². The van der Waals surface area contributed by atoms with E-state index < -0.39 is 5.60 Å². The molecule has 0 heterocycles. The van der Waals surface area contributed by atoms with Crippen molar-refractivity contribution in [1.82, 2.24) is 0 Å². The second kappa shape index (κ2) is 14.9. The van der Waals surface area contributed by atoms with Gasteiger partial charge in [-0.15, -0.1) is 0 Å². The second-order valence-electron chi connectivity index (χ2n) is 7.04. The first kappa shape index (κ1) is 22.4. The molecule has 0 aliphatic heterocycles. The Morgan fingerprint density at radius 1 is 0.739 bits per heavy atom. The quantitative estimate of drug-likeness (QED) is 0.317. The average molecular weight is 331 g/mol. The fourth-order valence-electron chi connectivity index (χ4n) is 2.21. The minimum atomic E-state index is -0.420. The molecular formula is C19H38O4. The number of unbranched alkanes of at least 4 members (excludes halogenated alkanes) is 7. The monoisotopic (exact) mass is 330 g/mol. The molecule has 4 nitrogen and oxygen atoms in total. The SMILES string of the molecule is CCCCCCCCCCOCCOCCC(=O)OC(C)(C)C. The van der Waals surface area contributed by atoms with Gasteiger partial charge in [-0.1, -0.05) is 51.9 Å². The molecule has 0 aromatic heterocycles. The van der Waals surface area contributed by atoms with Gasteiger partial charge < -0.3 is 14.2 Å². The van der Waals surface area contributed by atoms with Gasteiger partial charge in [-0.25, -0.2) is 0 Å². The Morgan fingerprint density at radius 2 is 1.26 bits per heavy atom.